The van der Waals surface area contributed by atoms with Crippen LogP contribution < -0.4 is 0 Å². The van der Waals surface area contributed by atoms with Crippen LogP contribution >= 0.6 is 11.6 Å². The molecule has 19 heavy (non-hydrogen) atoms. The molecule has 0 aliphatic heterocycles. The molecule has 0 unspecified atom stereocenters. The van der Waals surface area contributed by atoms with Crippen LogP contribution in [0.4, 0.5) is 5.69 Å². The highest BCUT2D eigenvalue weighted by molar-refractivity contribution is 6.19. The lowest BCUT2D eigenvalue weighted by atomic mass is 10.0. The summed E-state index contributed by atoms with van der Waals surface area (Å²) in [5.41, 5.74) is -0.414. The smallest absolute Gasteiger partial charge is 0.345 e. The Morgan fingerprint density at radius 2 is 2.11 bits per heavy atom. The number of rotatable bonds is 6. The number of nitro groups is 1. The van der Waals surface area contributed by atoms with Crippen LogP contribution in [0.3, 0.4) is 0 Å². The second-order valence-corrected chi connectivity index (χ2v) is 3.95. The molecule has 0 heterocycles. The Bertz CT molecular complexity index is 515. The molecule has 0 aromatic heterocycles. The van der Waals surface area contributed by atoms with Crippen molar-refractivity contribution in [1.82, 2.24) is 0 Å². The highest BCUT2D eigenvalue weighted by atomic mass is 35.5. The quantitative estimate of drug-likeness (QED) is 0.264. The summed E-state index contributed by atoms with van der Waals surface area (Å²) in [5.74, 6) is -0.963. The van der Waals surface area contributed by atoms with E-state index in [9.17, 15) is 19.7 Å². The van der Waals surface area contributed by atoms with Gasteiger partial charge in [0.15, 0.2) is 5.78 Å². The van der Waals surface area contributed by atoms with E-state index in [1.807, 2.05) is 0 Å². The van der Waals surface area contributed by atoms with Gasteiger partial charge in [-0.1, -0.05) is 0 Å². The minimum atomic E-state index is -0.824. The maximum atomic E-state index is 11.7. The second kappa shape index (κ2) is 6.84. The predicted molar refractivity (Wildman–Crippen MR) is 68.7 cm³/mol. The summed E-state index contributed by atoms with van der Waals surface area (Å²) in [6.45, 7) is 1.68. The van der Waals surface area contributed by atoms with E-state index in [0.717, 1.165) is 6.07 Å². The third-order valence-corrected chi connectivity index (χ3v) is 2.52. The predicted octanol–water partition coefficient (Wildman–Crippen LogP) is 2.58. The van der Waals surface area contributed by atoms with Gasteiger partial charge in [0.05, 0.1) is 11.5 Å². The van der Waals surface area contributed by atoms with Crippen LogP contribution in [0.2, 0.25) is 0 Å². The molecule has 1 rings (SSSR count). The van der Waals surface area contributed by atoms with E-state index in [-0.39, 0.29) is 41.5 Å². The van der Waals surface area contributed by atoms with Crippen molar-refractivity contribution >= 4 is 29.0 Å². The van der Waals surface area contributed by atoms with Gasteiger partial charge in [-0.05, 0) is 19.1 Å². The van der Waals surface area contributed by atoms with E-state index in [1.54, 1.807) is 6.92 Å². The van der Waals surface area contributed by atoms with Crippen molar-refractivity contribution < 1.29 is 19.2 Å². The number of ether oxygens (including phenoxy) is 1. The van der Waals surface area contributed by atoms with Gasteiger partial charge in [-0.2, -0.15) is 0 Å². The van der Waals surface area contributed by atoms with Gasteiger partial charge < -0.3 is 4.74 Å². The van der Waals surface area contributed by atoms with Gasteiger partial charge in [0.25, 0.3) is 5.69 Å². The number of halogens is 1. The standard InChI is InChI=1S/C12H12ClNO5/c1-2-19-12(16)9-7-8(11(15)5-6-13)3-4-10(9)14(17)18/h3-4,7H,2,5-6H2,1H3. The molecule has 102 valence electrons. The molecule has 0 radical (unpaired) electrons. The lowest BCUT2D eigenvalue weighted by Gasteiger charge is -2.05. The van der Waals surface area contributed by atoms with Gasteiger partial charge in [-0.15, -0.1) is 11.6 Å². The highest BCUT2D eigenvalue weighted by Gasteiger charge is 2.23. The Hall–Kier alpha value is -1.95. The number of ketones is 1. The van der Waals surface area contributed by atoms with Crippen LogP contribution in [-0.2, 0) is 4.74 Å². The lowest BCUT2D eigenvalue weighted by Crippen LogP contribution is -2.10. The molecule has 1 aromatic carbocycles. The van der Waals surface area contributed by atoms with Gasteiger partial charge in [-0.3, -0.25) is 14.9 Å². The minimum absolute atomic E-state index is 0.0931. The van der Waals surface area contributed by atoms with Crippen LogP contribution in [0, 0.1) is 10.1 Å². The van der Waals surface area contributed by atoms with Crippen LogP contribution in [0.25, 0.3) is 0 Å². The molecule has 0 aliphatic rings. The largest absolute Gasteiger partial charge is 0.462 e. The molecule has 6 nitrogen and oxygen atoms in total. The molecular formula is C12H12ClNO5. The molecule has 0 saturated carbocycles. The molecule has 0 amide bonds. The van der Waals surface area contributed by atoms with E-state index < -0.39 is 10.9 Å². The van der Waals surface area contributed by atoms with Crippen LogP contribution in [0.15, 0.2) is 18.2 Å². The van der Waals surface area contributed by atoms with Gasteiger partial charge in [0.1, 0.15) is 5.56 Å². The SMILES string of the molecule is CCOC(=O)c1cc(C(=O)CCCl)ccc1[N+](=O)[O-]. The number of esters is 1. The Kier molecular flexibility index (Phi) is 5.44. The molecule has 0 saturated heterocycles. The number of benzene rings is 1. The summed E-state index contributed by atoms with van der Waals surface area (Å²) in [7, 11) is 0. The third kappa shape index (κ3) is 3.75. The van der Waals surface area contributed by atoms with Crippen molar-refractivity contribution in [2.45, 2.75) is 13.3 Å². The first kappa shape index (κ1) is 15.1. The molecule has 0 atom stereocenters. The van der Waals surface area contributed by atoms with Gasteiger partial charge >= 0.3 is 5.97 Å². The molecule has 0 bridgehead atoms. The first-order valence-corrected chi connectivity index (χ1v) is 6.09. The highest BCUT2D eigenvalue weighted by Crippen LogP contribution is 2.22. The molecule has 1 aromatic rings. The van der Waals surface area contributed by atoms with Crippen LogP contribution in [-0.4, -0.2) is 29.2 Å². The number of nitro benzene ring substituents is 1. The van der Waals surface area contributed by atoms with Gasteiger partial charge in [0, 0.05) is 23.9 Å². The van der Waals surface area contributed by atoms with Crippen LogP contribution in [0.1, 0.15) is 34.1 Å². The Labute approximate surface area is 114 Å². The fraction of sp³-hybridized carbons (Fsp3) is 0.333. The van der Waals surface area contributed by atoms with Crippen molar-refractivity contribution in [3.63, 3.8) is 0 Å². The van der Waals surface area contributed by atoms with Crippen LogP contribution in [0.5, 0.6) is 0 Å². The number of carbonyl (C=O) groups excluding carboxylic acids is 2. The molecule has 7 heteroatoms. The molecular weight excluding hydrogens is 274 g/mol. The summed E-state index contributed by atoms with van der Waals surface area (Å²) in [6, 6.07) is 3.59. The number of hydrogen-bond donors (Lipinski definition) is 0. The first-order chi connectivity index (χ1) is 9.01. The van der Waals surface area contributed by atoms with Gasteiger partial charge in [0.2, 0.25) is 0 Å². The summed E-state index contributed by atoms with van der Waals surface area (Å²) in [5, 5.41) is 10.8. The maximum Gasteiger partial charge on any atom is 0.345 e. The Balaban J connectivity index is 3.22. The molecule has 0 spiro atoms. The van der Waals surface area contributed by atoms with Crippen molar-refractivity contribution in [2.75, 3.05) is 12.5 Å². The number of alkyl halides is 1. The number of hydrogen-bond acceptors (Lipinski definition) is 5. The zero-order valence-electron chi connectivity index (χ0n) is 10.2. The fourth-order valence-electron chi connectivity index (χ4n) is 1.47. The number of nitrogens with zero attached hydrogens (tertiary/aromatic N) is 1. The fourth-order valence-corrected chi connectivity index (χ4v) is 1.64. The minimum Gasteiger partial charge on any atom is -0.462 e. The summed E-state index contributed by atoms with van der Waals surface area (Å²) in [4.78, 5) is 33.4. The molecule has 0 N–H and O–H groups in total. The molecule has 0 fully saturated rings. The average Bonchev–Trinajstić information content (AvgIpc) is 2.38. The first-order valence-electron chi connectivity index (χ1n) is 5.56. The topological polar surface area (TPSA) is 86.5 Å². The Morgan fingerprint density at radius 1 is 1.42 bits per heavy atom. The van der Waals surface area contributed by atoms with E-state index in [2.05, 4.69) is 0 Å². The van der Waals surface area contributed by atoms with Crippen molar-refractivity contribution in [2.24, 2.45) is 0 Å². The summed E-state index contributed by atoms with van der Waals surface area (Å²) < 4.78 is 4.73. The van der Waals surface area contributed by atoms with E-state index in [4.69, 9.17) is 16.3 Å². The monoisotopic (exact) mass is 285 g/mol. The van der Waals surface area contributed by atoms with Crippen molar-refractivity contribution in [3.05, 3.63) is 39.4 Å². The number of Topliss-reactive ketones (excluding diaryl/α,β-unsaturated/α-hetero) is 1. The second-order valence-electron chi connectivity index (χ2n) is 3.57. The Morgan fingerprint density at radius 3 is 2.63 bits per heavy atom. The number of carbonyl (C=O) groups is 2. The molecule has 0 aliphatic carbocycles. The zero-order valence-corrected chi connectivity index (χ0v) is 11.0. The van der Waals surface area contributed by atoms with Crippen molar-refractivity contribution in [1.29, 1.82) is 0 Å². The van der Waals surface area contributed by atoms with E-state index in [1.165, 1.54) is 12.1 Å². The maximum absolute atomic E-state index is 11.7. The summed E-state index contributed by atoms with van der Waals surface area (Å²) in [6.07, 6.45) is 0.0988. The normalized spacial score (nSPS) is 10.0. The average molecular weight is 286 g/mol. The lowest BCUT2D eigenvalue weighted by molar-refractivity contribution is -0.385. The zero-order chi connectivity index (χ0) is 14.4. The van der Waals surface area contributed by atoms with E-state index >= 15 is 0 Å². The van der Waals surface area contributed by atoms with Gasteiger partial charge in [-0.25, -0.2) is 4.79 Å². The van der Waals surface area contributed by atoms with E-state index in [0.29, 0.717) is 0 Å². The van der Waals surface area contributed by atoms with Crippen molar-refractivity contribution in [3.8, 4) is 0 Å². The third-order valence-electron chi connectivity index (χ3n) is 2.33. The summed E-state index contributed by atoms with van der Waals surface area (Å²) >= 11 is 5.46.